The first-order chi connectivity index (χ1) is 8.38. The predicted molar refractivity (Wildman–Crippen MR) is 80.9 cm³/mol. The Hall–Kier alpha value is 0.310. The molecule has 2 heteroatoms. The molecule has 0 aliphatic heterocycles. The summed E-state index contributed by atoms with van der Waals surface area (Å²) in [5.41, 5.74) is 0. The third-order valence-electron chi connectivity index (χ3n) is 3.77. The summed E-state index contributed by atoms with van der Waals surface area (Å²) in [5.74, 6) is 1.28. The highest BCUT2D eigenvalue weighted by atomic mass is 32.2. The highest BCUT2D eigenvalue weighted by molar-refractivity contribution is 7.99. The highest BCUT2D eigenvalue weighted by Crippen LogP contribution is 2.29. The maximum absolute atomic E-state index is 3.79. The van der Waals surface area contributed by atoms with Gasteiger partial charge in [0.25, 0.3) is 0 Å². The molecule has 0 spiro atoms. The standard InChI is InChI=1S/C15H31NS/c1-3-5-6-7-8-9-13-16-14-11-10-12-15(14)17-4-2/h14-16H,3-13H2,1-2H3. The van der Waals surface area contributed by atoms with Crippen LogP contribution in [0.2, 0.25) is 0 Å². The van der Waals surface area contributed by atoms with Gasteiger partial charge in [-0.2, -0.15) is 11.8 Å². The van der Waals surface area contributed by atoms with Gasteiger partial charge in [-0.05, 0) is 31.6 Å². The predicted octanol–water partition coefficient (Wildman–Crippen LogP) is 4.61. The fourth-order valence-electron chi connectivity index (χ4n) is 2.77. The Morgan fingerprint density at radius 1 is 1.00 bits per heavy atom. The normalized spacial score (nSPS) is 24.4. The SMILES string of the molecule is CCCCCCCCNC1CCCC1SCC. The van der Waals surface area contributed by atoms with Crippen LogP contribution in [-0.4, -0.2) is 23.6 Å². The topological polar surface area (TPSA) is 12.0 Å². The minimum atomic E-state index is 0.815. The molecule has 2 atom stereocenters. The van der Waals surface area contributed by atoms with Crippen molar-refractivity contribution >= 4 is 11.8 Å². The molecule has 102 valence electrons. The number of hydrogen-bond acceptors (Lipinski definition) is 2. The molecule has 1 aliphatic carbocycles. The van der Waals surface area contributed by atoms with Gasteiger partial charge in [0, 0.05) is 11.3 Å². The fourth-order valence-corrected chi connectivity index (χ4v) is 3.99. The van der Waals surface area contributed by atoms with Gasteiger partial charge in [0.2, 0.25) is 0 Å². The second-order valence-electron chi connectivity index (χ2n) is 5.25. The van der Waals surface area contributed by atoms with E-state index in [0.717, 1.165) is 11.3 Å². The van der Waals surface area contributed by atoms with E-state index in [9.17, 15) is 0 Å². The Morgan fingerprint density at radius 3 is 2.53 bits per heavy atom. The average molecular weight is 257 g/mol. The molecule has 1 aliphatic rings. The Bertz CT molecular complexity index is 172. The van der Waals surface area contributed by atoms with Crippen LogP contribution in [0.15, 0.2) is 0 Å². The highest BCUT2D eigenvalue weighted by Gasteiger charge is 2.26. The zero-order chi connectivity index (χ0) is 12.3. The zero-order valence-corrected chi connectivity index (χ0v) is 12.7. The first-order valence-corrected chi connectivity index (χ1v) is 8.78. The summed E-state index contributed by atoms with van der Waals surface area (Å²) < 4.78 is 0. The van der Waals surface area contributed by atoms with Crippen LogP contribution in [0.4, 0.5) is 0 Å². The molecule has 0 radical (unpaired) electrons. The molecule has 1 N–H and O–H groups in total. The van der Waals surface area contributed by atoms with E-state index in [1.54, 1.807) is 0 Å². The van der Waals surface area contributed by atoms with E-state index in [2.05, 4.69) is 30.9 Å². The number of nitrogens with one attached hydrogen (secondary N) is 1. The summed E-state index contributed by atoms with van der Waals surface area (Å²) >= 11 is 2.16. The summed E-state index contributed by atoms with van der Waals surface area (Å²) in [6, 6.07) is 0.815. The van der Waals surface area contributed by atoms with Crippen LogP contribution in [-0.2, 0) is 0 Å². The van der Waals surface area contributed by atoms with E-state index < -0.39 is 0 Å². The summed E-state index contributed by atoms with van der Waals surface area (Å²) in [7, 11) is 0. The van der Waals surface area contributed by atoms with Crippen molar-refractivity contribution < 1.29 is 0 Å². The van der Waals surface area contributed by atoms with E-state index in [1.165, 1.54) is 70.1 Å². The van der Waals surface area contributed by atoms with Crippen molar-refractivity contribution in [3.63, 3.8) is 0 Å². The number of thioether (sulfide) groups is 1. The molecule has 1 nitrogen and oxygen atoms in total. The van der Waals surface area contributed by atoms with Crippen molar-refractivity contribution in [3.05, 3.63) is 0 Å². The van der Waals surface area contributed by atoms with Crippen LogP contribution in [0, 0.1) is 0 Å². The van der Waals surface area contributed by atoms with Gasteiger partial charge >= 0.3 is 0 Å². The second kappa shape index (κ2) is 10.3. The lowest BCUT2D eigenvalue weighted by Crippen LogP contribution is -2.34. The fraction of sp³-hybridized carbons (Fsp3) is 1.00. The van der Waals surface area contributed by atoms with E-state index in [0.29, 0.717) is 0 Å². The largest absolute Gasteiger partial charge is 0.313 e. The molecular formula is C15H31NS. The van der Waals surface area contributed by atoms with Gasteiger partial charge in [0.15, 0.2) is 0 Å². The number of unbranched alkanes of at least 4 members (excludes halogenated alkanes) is 5. The molecule has 0 amide bonds. The maximum atomic E-state index is 3.79. The van der Waals surface area contributed by atoms with Crippen molar-refractivity contribution in [1.29, 1.82) is 0 Å². The van der Waals surface area contributed by atoms with Crippen molar-refractivity contribution in [2.45, 2.75) is 82.9 Å². The average Bonchev–Trinajstić information content (AvgIpc) is 2.76. The van der Waals surface area contributed by atoms with Crippen molar-refractivity contribution in [1.82, 2.24) is 5.32 Å². The molecule has 17 heavy (non-hydrogen) atoms. The minimum absolute atomic E-state index is 0.815. The van der Waals surface area contributed by atoms with Crippen molar-refractivity contribution in [2.24, 2.45) is 0 Å². The van der Waals surface area contributed by atoms with E-state index >= 15 is 0 Å². The van der Waals surface area contributed by atoms with Gasteiger partial charge < -0.3 is 5.32 Å². The van der Waals surface area contributed by atoms with Crippen LogP contribution in [0.1, 0.15) is 71.6 Å². The Morgan fingerprint density at radius 2 is 1.76 bits per heavy atom. The molecule has 0 aromatic heterocycles. The maximum Gasteiger partial charge on any atom is 0.0201 e. The summed E-state index contributed by atoms with van der Waals surface area (Å²) in [6.07, 6.45) is 12.7. The first-order valence-electron chi connectivity index (χ1n) is 7.73. The van der Waals surface area contributed by atoms with E-state index in [4.69, 9.17) is 0 Å². The van der Waals surface area contributed by atoms with Gasteiger partial charge in [0.05, 0.1) is 0 Å². The number of hydrogen-bond donors (Lipinski definition) is 1. The molecule has 0 heterocycles. The Labute approximate surface area is 113 Å². The lowest BCUT2D eigenvalue weighted by Gasteiger charge is -2.20. The molecule has 0 aromatic carbocycles. The summed E-state index contributed by atoms with van der Waals surface area (Å²) in [4.78, 5) is 0. The van der Waals surface area contributed by atoms with Gasteiger partial charge in [-0.15, -0.1) is 0 Å². The van der Waals surface area contributed by atoms with E-state index in [1.807, 2.05) is 0 Å². The van der Waals surface area contributed by atoms with Crippen LogP contribution < -0.4 is 5.32 Å². The van der Waals surface area contributed by atoms with Crippen LogP contribution in [0.5, 0.6) is 0 Å². The lowest BCUT2D eigenvalue weighted by molar-refractivity contribution is 0.503. The van der Waals surface area contributed by atoms with E-state index in [-0.39, 0.29) is 0 Å². The quantitative estimate of drug-likeness (QED) is 0.574. The summed E-state index contributed by atoms with van der Waals surface area (Å²) in [5, 5.41) is 4.69. The lowest BCUT2D eigenvalue weighted by atomic mass is 10.1. The van der Waals surface area contributed by atoms with Gasteiger partial charge in [-0.1, -0.05) is 52.4 Å². The third-order valence-corrected chi connectivity index (χ3v) is 5.10. The van der Waals surface area contributed by atoms with Crippen molar-refractivity contribution in [2.75, 3.05) is 12.3 Å². The van der Waals surface area contributed by atoms with Crippen molar-refractivity contribution in [3.8, 4) is 0 Å². The molecule has 0 bridgehead atoms. The zero-order valence-electron chi connectivity index (χ0n) is 11.8. The molecular weight excluding hydrogens is 226 g/mol. The van der Waals surface area contributed by atoms with Crippen LogP contribution in [0.3, 0.4) is 0 Å². The van der Waals surface area contributed by atoms with Gasteiger partial charge in [-0.25, -0.2) is 0 Å². The second-order valence-corrected chi connectivity index (χ2v) is 6.77. The molecule has 0 aromatic rings. The van der Waals surface area contributed by atoms with Gasteiger partial charge in [-0.3, -0.25) is 0 Å². The monoisotopic (exact) mass is 257 g/mol. The van der Waals surface area contributed by atoms with Crippen LogP contribution in [0.25, 0.3) is 0 Å². The molecule has 1 fully saturated rings. The smallest absolute Gasteiger partial charge is 0.0201 e. The molecule has 0 saturated heterocycles. The third kappa shape index (κ3) is 6.71. The molecule has 1 rings (SSSR count). The Kier molecular flexibility index (Phi) is 9.27. The molecule has 1 saturated carbocycles. The number of rotatable bonds is 10. The minimum Gasteiger partial charge on any atom is -0.313 e. The Balaban J connectivity index is 1.94. The van der Waals surface area contributed by atoms with Gasteiger partial charge in [0.1, 0.15) is 0 Å². The first kappa shape index (κ1) is 15.4. The molecule has 2 unspecified atom stereocenters. The van der Waals surface area contributed by atoms with Crippen LogP contribution >= 0.6 is 11.8 Å². The summed E-state index contributed by atoms with van der Waals surface area (Å²) in [6.45, 7) is 5.82.